The normalized spacial score (nSPS) is 21.5. The van der Waals surface area contributed by atoms with E-state index in [-0.39, 0.29) is 23.8 Å². The molecule has 0 aromatic heterocycles. The first-order chi connectivity index (χ1) is 12.7. The van der Waals surface area contributed by atoms with E-state index in [1.54, 1.807) is 17.0 Å². The van der Waals surface area contributed by atoms with E-state index >= 15 is 0 Å². The monoisotopic (exact) mass is 393 g/mol. The van der Waals surface area contributed by atoms with Gasteiger partial charge in [0.25, 0.3) is 5.91 Å². The molecule has 3 rings (SSSR count). The number of halogens is 1. The zero-order chi connectivity index (χ0) is 19.7. The summed E-state index contributed by atoms with van der Waals surface area (Å²) in [6.45, 7) is 8.68. The summed E-state index contributed by atoms with van der Waals surface area (Å²) in [4.78, 5) is 26.9. The van der Waals surface area contributed by atoms with Crippen molar-refractivity contribution in [2.45, 2.75) is 39.2 Å². The fraction of sp³-hybridized carbons (Fsp3) is 0.600. The van der Waals surface area contributed by atoms with Crippen LogP contribution < -0.4 is 15.4 Å². The third-order valence-electron chi connectivity index (χ3n) is 5.53. The Labute approximate surface area is 165 Å². The molecule has 0 aliphatic carbocycles. The Hall–Kier alpha value is -1.79. The summed E-state index contributed by atoms with van der Waals surface area (Å²) >= 11 is 5.94. The van der Waals surface area contributed by atoms with Gasteiger partial charge in [0.2, 0.25) is 5.91 Å². The highest BCUT2D eigenvalue weighted by molar-refractivity contribution is 6.30. The average Bonchev–Trinajstić information content (AvgIpc) is 2.74. The second kappa shape index (κ2) is 7.68. The average molecular weight is 394 g/mol. The predicted molar refractivity (Wildman–Crippen MR) is 105 cm³/mol. The molecule has 1 aromatic carbocycles. The lowest BCUT2D eigenvalue weighted by molar-refractivity contribution is -0.138. The Morgan fingerprint density at radius 3 is 2.63 bits per heavy atom. The minimum absolute atomic E-state index is 0.0118. The van der Waals surface area contributed by atoms with E-state index in [1.165, 1.54) is 0 Å². The van der Waals surface area contributed by atoms with Crippen molar-refractivity contribution in [2.75, 3.05) is 32.8 Å². The molecule has 0 unspecified atom stereocenters. The van der Waals surface area contributed by atoms with Crippen molar-refractivity contribution in [3.05, 3.63) is 28.8 Å². The summed E-state index contributed by atoms with van der Waals surface area (Å²) < 4.78 is 5.67. The third-order valence-corrected chi connectivity index (χ3v) is 5.76. The molecule has 2 aliphatic rings. The standard InChI is InChI=1S/C20H28ClN3O3/c1-14-10-15(21)4-5-16(14)27-11-17(25)24-8-6-20(7-9-24)18(26)22-12-19(2,3)13-23-20/h4-5,10,23H,6-9,11-13H2,1-3H3,(H,22,26). The van der Waals surface area contributed by atoms with Crippen LogP contribution in [0.2, 0.25) is 5.02 Å². The van der Waals surface area contributed by atoms with Crippen LogP contribution in [0, 0.1) is 12.3 Å². The van der Waals surface area contributed by atoms with Gasteiger partial charge in [-0.15, -0.1) is 0 Å². The van der Waals surface area contributed by atoms with Gasteiger partial charge >= 0.3 is 0 Å². The van der Waals surface area contributed by atoms with Crippen LogP contribution in [0.15, 0.2) is 18.2 Å². The Morgan fingerprint density at radius 1 is 1.26 bits per heavy atom. The number of carbonyl (C=O) groups excluding carboxylic acids is 2. The molecular formula is C20H28ClN3O3. The van der Waals surface area contributed by atoms with Crippen LogP contribution in [0.1, 0.15) is 32.3 Å². The number of ether oxygens (including phenoxy) is 1. The first kappa shape index (κ1) is 20.0. The SMILES string of the molecule is Cc1cc(Cl)ccc1OCC(=O)N1CCC2(CC1)NCC(C)(C)CNC2=O. The molecular weight excluding hydrogens is 366 g/mol. The number of benzene rings is 1. The van der Waals surface area contributed by atoms with E-state index in [4.69, 9.17) is 16.3 Å². The first-order valence-electron chi connectivity index (χ1n) is 9.41. The van der Waals surface area contributed by atoms with Crippen molar-refractivity contribution < 1.29 is 14.3 Å². The van der Waals surface area contributed by atoms with E-state index in [1.807, 2.05) is 13.0 Å². The highest BCUT2D eigenvalue weighted by Gasteiger charge is 2.44. The van der Waals surface area contributed by atoms with Crippen LogP contribution in [0.3, 0.4) is 0 Å². The summed E-state index contributed by atoms with van der Waals surface area (Å²) in [7, 11) is 0. The lowest BCUT2D eigenvalue weighted by Gasteiger charge is -2.40. The molecule has 148 valence electrons. The van der Waals surface area contributed by atoms with Crippen molar-refractivity contribution in [3.63, 3.8) is 0 Å². The maximum Gasteiger partial charge on any atom is 0.260 e. The number of rotatable bonds is 3. The van der Waals surface area contributed by atoms with Crippen molar-refractivity contribution in [1.82, 2.24) is 15.5 Å². The van der Waals surface area contributed by atoms with Gasteiger partial charge in [-0.1, -0.05) is 25.4 Å². The highest BCUT2D eigenvalue weighted by Crippen LogP contribution is 2.28. The molecule has 1 aromatic rings. The molecule has 0 radical (unpaired) electrons. The molecule has 2 aliphatic heterocycles. The largest absolute Gasteiger partial charge is 0.483 e. The number of hydrogen-bond donors (Lipinski definition) is 2. The van der Waals surface area contributed by atoms with E-state index in [2.05, 4.69) is 24.5 Å². The molecule has 27 heavy (non-hydrogen) atoms. The second-order valence-electron chi connectivity index (χ2n) is 8.36. The number of likely N-dealkylation sites (tertiary alicyclic amines) is 1. The third kappa shape index (κ3) is 4.55. The van der Waals surface area contributed by atoms with Gasteiger partial charge in [0.05, 0.1) is 0 Å². The van der Waals surface area contributed by atoms with Crippen LogP contribution >= 0.6 is 11.6 Å². The predicted octanol–water partition coefficient (Wildman–Crippen LogP) is 2.13. The van der Waals surface area contributed by atoms with Gasteiger partial charge in [0.15, 0.2) is 6.61 Å². The molecule has 0 saturated carbocycles. The lowest BCUT2D eigenvalue weighted by atomic mass is 9.86. The van der Waals surface area contributed by atoms with Crippen molar-refractivity contribution >= 4 is 23.4 Å². The molecule has 2 N–H and O–H groups in total. The van der Waals surface area contributed by atoms with E-state index in [9.17, 15) is 9.59 Å². The van der Waals surface area contributed by atoms with Gasteiger partial charge in [-0.25, -0.2) is 0 Å². The fourth-order valence-corrected chi connectivity index (χ4v) is 3.81. The Morgan fingerprint density at radius 2 is 1.96 bits per heavy atom. The van der Waals surface area contributed by atoms with Gasteiger partial charge in [0, 0.05) is 31.2 Å². The Kier molecular flexibility index (Phi) is 5.68. The number of carbonyl (C=O) groups is 2. The number of nitrogens with zero attached hydrogens (tertiary/aromatic N) is 1. The molecule has 2 heterocycles. The molecule has 0 bridgehead atoms. The Balaban J connectivity index is 1.55. The summed E-state index contributed by atoms with van der Waals surface area (Å²) in [5.74, 6) is 0.648. The molecule has 2 amide bonds. The van der Waals surface area contributed by atoms with Gasteiger partial charge in [-0.2, -0.15) is 0 Å². The summed E-state index contributed by atoms with van der Waals surface area (Å²) in [6.07, 6.45) is 1.22. The van der Waals surface area contributed by atoms with Crippen LogP contribution in [0.5, 0.6) is 5.75 Å². The van der Waals surface area contributed by atoms with Gasteiger partial charge in [0.1, 0.15) is 11.3 Å². The highest BCUT2D eigenvalue weighted by atomic mass is 35.5. The van der Waals surface area contributed by atoms with Gasteiger partial charge < -0.3 is 20.3 Å². The van der Waals surface area contributed by atoms with E-state index < -0.39 is 5.54 Å². The topological polar surface area (TPSA) is 70.7 Å². The number of piperidine rings is 1. The smallest absolute Gasteiger partial charge is 0.260 e. The minimum atomic E-state index is -0.571. The summed E-state index contributed by atoms with van der Waals surface area (Å²) in [6, 6.07) is 5.33. The molecule has 7 heteroatoms. The van der Waals surface area contributed by atoms with Crippen LogP contribution in [0.25, 0.3) is 0 Å². The van der Waals surface area contributed by atoms with E-state index in [0.29, 0.717) is 43.2 Å². The maximum absolute atomic E-state index is 12.6. The molecule has 0 atom stereocenters. The molecule has 2 fully saturated rings. The molecule has 6 nitrogen and oxygen atoms in total. The number of hydrogen-bond acceptors (Lipinski definition) is 4. The fourth-order valence-electron chi connectivity index (χ4n) is 3.59. The number of nitrogens with one attached hydrogen (secondary N) is 2. The van der Waals surface area contributed by atoms with E-state index in [0.717, 1.165) is 12.1 Å². The summed E-state index contributed by atoms with van der Waals surface area (Å²) in [5.41, 5.74) is 0.351. The number of amides is 2. The zero-order valence-electron chi connectivity index (χ0n) is 16.2. The zero-order valence-corrected chi connectivity index (χ0v) is 17.0. The lowest BCUT2D eigenvalue weighted by Crippen LogP contribution is -2.61. The first-order valence-corrected chi connectivity index (χ1v) is 9.79. The van der Waals surface area contributed by atoms with Crippen LogP contribution in [-0.2, 0) is 9.59 Å². The second-order valence-corrected chi connectivity index (χ2v) is 8.80. The van der Waals surface area contributed by atoms with Gasteiger partial charge in [-0.05, 0) is 48.9 Å². The minimum Gasteiger partial charge on any atom is -0.483 e. The van der Waals surface area contributed by atoms with Crippen molar-refractivity contribution in [1.29, 1.82) is 0 Å². The summed E-state index contributed by atoms with van der Waals surface area (Å²) in [5, 5.41) is 7.17. The van der Waals surface area contributed by atoms with Crippen LogP contribution in [-0.4, -0.2) is 55.0 Å². The Bertz CT molecular complexity index is 727. The molecule has 1 spiro atoms. The number of aryl methyl sites for hydroxylation is 1. The molecule has 2 saturated heterocycles. The van der Waals surface area contributed by atoms with Crippen LogP contribution in [0.4, 0.5) is 0 Å². The van der Waals surface area contributed by atoms with Crippen molar-refractivity contribution in [3.8, 4) is 5.75 Å². The van der Waals surface area contributed by atoms with Crippen molar-refractivity contribution in [2.24, 2.45) is 5.41 Å². The maximum atomic E-state index is 12.6. The van der Waals surface area contributed by atoms with Gasteiger partial charge in [-0.3, -0.25) is 9.59 Å². The quantitative estimate of drug-likeness (QED) is 0.825.